The van der Waals surface area contributed by atoms with Crippen LogP contribution < -0.4 is 5.73 Å². The van der Waals surface area contributed by atoms with E-state index in [1.54, 1.807) is 6.08 Å². The van der Waals surface area contributed by atoms with Gasteiger partial charge in [0.2, 0.25) is 0 Å². The van der Waals surface area contributed by atoms with Crippen molar-refractivity contribution in [3.05, 3.63) is 47.5 Å². The maximum atomic E-state index is 5.74. The molecule has 1 aromatic carbocycles. The molecule has 0 aliphatic carbocycles. The first-order chi connectivity index (χ1) is 6.72. The van der Waals surface area contributed by atoms with Crippen LogP contribution in [0.25, 0.3) is 0 Å². The highest BCUT2D eigenvalue weighted by atomic mass is 35.5. The smallest absolute Gasteiger partial charge is 0.0717 e. The normalized spacial score (nSPS) is 12.4. The van der Waals surface area contributed by atoms with Crippen molar-refractivity contribution in [2.75, 3.05) is 6.61 Å². The number of hydrogen-bond acceptors (Lipinski definition) is 2. The summed E-state index contributed by atoms with van der Waals surface area (Å²) in [6.45, 7) is 4.62. The van der Waals surface area contributed by atoms with E-state index in [-0.39, 0.29) is 6.04 Å². The Bertz CT molecular complexity index is 284. The van der Waals surface area contributed by atoms with Crippen LogP contribution in [0.2, 0.25) is 5.02 Å². The van der Waals surface area contributed by atoms with Crippen molar-refractivity contribution in [2.45, 2.75) is 12.6 Å². The Morgan fingerprint density at radius 2 is 2.07 bits per heavy atom. The van der Waals surface area contributed by atoms with E-state index < -0.39 is 0 Å². The molecule has 0 amide bonds. The van der Waals surface area contributed by atoms with Crippen molar-refractivity contribution < 1.29 is 4.74 Å². The van der Waals surface area contributed by atoms with Gasteiger partial charge in [0.25, 0.3) is 0 Å². The van der Waals surface area contributed by atoms with E-state index in [2.05, 4.69) is 6.58 Å². The fourth-order valence-electron chi connectivity index (χ4n) is 0.962. The van der Waals surface area contributed by atoms with E-state index in [4.69, 9.17) is 22.1 Å². The van der Waals surface area contributed by atoms with Crippen molar-refractivity contribution in [1.82, 2.24) is 0 Å². The summed E-state index contributed by atoms with van der Waals surface area (Å²) in [5.41, 5.74) is 6.69. The topological polar surface area (TPSA) is 35.2 Å². The van der Waals surface area contributed by atoms with Crippen LogP contribution in [0.15, 0.2) is 36.9 Å². The minimum atomic E-state index is -0.0951. The molecule has 0 heterocycles. The van der Waals surface area contributed by atoms with Crippen LogP contribution in [0, 0.1) is 0 Å². The van der Waals surface area contributed by atoms with Crippen molar-refractivity contribution in [3.63, 3.8) is 0 Å². The van der Waals surface area contributed by atoms with Crippen LogP contribution in [0.1, 0.15) is 5.56 Å². The summed E-state index contributed by atoms with van der Waals surface area (Å²) in [4.78, 5) is 0. The van der Waals surface area contributed by atoms with Gasteiger partial charge in [0.05, 0.1) is 13.2 Å². The van der Waals surface area contributed by atoms with E-state index in [0.717, 1.165) is 10.6 Å². The van der Waals surface area contributed by atoms with Crippen LogP contribution in [-0.4, -0.2) is 12.6 Å². The first-order valence-corrected chi connectivity index (χ1v) is 4.80. The summed E-state index contributed by atoms with van der Waals surface area (Å²) in [6.07, 6.45) is 1.67. The molecule has 0 fully saturated rings. The Labute approximate surface area is 89.3 Å². The van der Waals surface area contributed by atoms with E-state index in [1.807, 2.05) is 24.3 Å². The van der Waals surface area contributed by atoms with Gasteiger partial charge < -0.3 is 10.5 Å². The third-order valence-electron chi connectivity index (χ3n) is 1.80. The lowest BCUT2D eigenvalue weighted by Gasteiger charge is -2.07. The van der Waals surface area contributed by atoms with Crippen LogP contribution >= 0.6 is 11.6 Å². The van der Waals surface area contributed by atoms with Crippen LogP contribution in [0.3, 0.4) is 0 Å². The molecule has 14 heavy (non-hydrogen) atoms. The molecule has 0 spiro atoms. The summed E-state index contributed by atoms with van der Waals surface area (Å²) in [6, 6.07) is 7.45. The van der Waals surface area contributed by atoms with Gasteiger partial charge in [-0.25, -0.2) is 0 Å². The van der Waals surface area contributed by atoms with Gasteiger partial charge in [0, 0.05) is 11.1 Å². The standard InChI is InChI=1S/C11H14ClNO/c1-2-11(13)8-14-7-9-3-5-10(12)6-4-9/h2-6,11H,1,7-8,13H2/t11-/m1/s1. The average molecular weight is 212 g/mol. The summed E-state index contributed by atoms with van der Waals surface area (Å²) in [5.74, 6) is 0. The van der Waals surface area contributed by atoms with Gasteiger partial charge in [-0.3, -0.25) is 0 Å². The molecule has 0 saturated heterocycles. The van der Waals surface area contributed by atoms with Gasteiger partial charge in [0.1, 0.15) is 0 Å². The van der Waals surface area contributed by atoms with Gasteiger partial charge in [-0.2, -0.15) is 0 Å². The molecule has 0 unspecified atom stereocenters. The molecular weight excluding hydrogens is 198 g/mol. The molecule has 76 valence electrons. The molecule has 1 atom stereocenters. The summed E-state index contributed by atoms with van der Waals surface area (Å²) in [7, 11) is 0. The Morgan fingerprint density at radius 1 is 1.43 bits per heavy atom. The predicted octanol–water partition coefficient (Wildman–Crippen LogP) is 2.37. The molecule has 0 saturated carbocycles. The van der Waals surface area contributed by atoms with Crippen LogP contribution in [-0.2, 0) is 11.3 Å². The van der Waals surface area contributed by atoms with Crippen molar-refractivity contribution >= 4 is 11.6 Å². The van der Waals surface area contributed by atoms with Gasteiger partial charge in [0.15, 0.2) is 0 Å². The summed E-state index contributed by atoms with van der Waals surface area (Å²) < 4.78 is 5.37. The largest absolute Gasteiger partial charge is 0.375 e. The zero-order chi connectivity index (χ0) is 10.4. The van der Waals surface area contributed by atoms with E-state index >= 15 is 0 Å². The molecule has 3 heteroatoms. The van der Waals surface area contributed by atoms with E-state index in [1.165, 1.54) is 0 Å². The molecule has 0 aliphatic rings. The highest BCUT2D eigenvalue weighted by Gasteiger charge is 1.97. The molecule has 0 radical (unpaired) electrons. The van der Waals surface area contributed by atoms with Crippen molar-refractivity contribution in [2.24, 2.45) is 5.73 Å². The second-order valence-electron chi connectivity index (χ2n) is 3.04. The molecule has 2 N–H and O–H groups in total. The number of halogens is 1. The number of nitrogens with two attached hydrogens (primary N) is 1. The molecule has 0 aromatic heterocycles. The molecule has 0 bridgehead atoms. The Morgan fingerprint density at radius 3 is 2.64 bits per heavy atom. The molecule has 1 aromatic rings. The first-order valence-electron chi connectivity index (χ1n) is 4.42. The number of hydrogen-bond donors (Lipinski definition) is 1. The highest BCUT2D eigenvalue weighted by Crippen LogP contribution is 2.10. The fraction of sp³-hybridized carbons (Fsp3) is 0.273. The molecular formula is C11H14ClNO. The number of rotatable bonds is 5. The van der Waals surface area contributed by atoms with Gasteiger partial charge in [-0.05, 0) is 17.7 Å². The summed E-state index contributed by atoms with van der Waals surface area (Å²) >= 11 is 5.74. The van der Waals surface area contributed by atoms with Crippen LogP contribution in [0.4, 0.5) is 0 Å². The minimum Gasteiger partial charge on any atom is -0.375 e. The quantitative estimate of drug-likeness (QED) is 0.759. The highest BCUT2D eigenvalue weighted by molar-refractivity contribution is 6.30. The lowest BCUT2D eigenvalue weighted by Crippen LogP contribution is -2.22. The Kier molecular flexibility index (Phi) is 4.66. The first kappa shape index (κ1) is 11.2. The van der Waals surface area contributed by atoms with Crippen molar-refractivity contribution in [3.8, 4) is 0 Å². The average Bonchev–Trinajstić information content (AvgIpc) is 2.21. The lowest BCUT2D eigenvalue weighted by molar-refractivity contribution is 0.116. The third kappa shape index (κ3) is 3.92. The maximum Gasteiger partial charge on any atom is 0.0717 e. The molecule has 0 aliphatic heterocycles. The Hall–Kier alpha value is -0.830. The second kappa shape index (κ2) is 5.81. The van der Waals surface area contributed by atoms with Crippen molar-refractivity contribution in [1.29, 1.82) is 0 Å². The molecule has 1 rings (SSSR count). The lowest BCUT2D eigenvalue weighted by atomic mass is 10.2. The van der Waals surface area contributed by atoms with E-state index in [9.17, 15) is 0 Å². The van der Waals surface area contributed by atoms with Gasteiger partial charge >= 0.3 is 0 Å². The zero-order valence-corrected chi connectivity index (χ0v) is 8.70. The Balaban J connectivity index is 2.31. The SMILES string of the molecule is C=C[C@@H](N)COCc1ccc(Cl)cc1. The third-order valence-corrected chi connectivity index (χ3v) is 2.05. The number of ether oxygens (including phenoxy) is 1. The predicted molar refractivity (Wildman–Crippen MR) is 59.3 cm³/mol. The van der Waals surface area contributed by atoms with Gasteiger partial charge in [-0.1, -0.05) is 29.8 Å². The molecule has 2 nitrogen and oxygen atoms in total. The van der Waals surface area contributed by atoms with Gasteiger partial charge in [-0.15, -0.1) is 6.58 Å². The monoisotopic (exact) mass is 211 g/mol. The zero-order valence-electron chi connectivity index (χ0n) is 7.95. The van der Waals surface area contributed by atoms with E-state index in [0.29, 0.717) is 13.2 Å². The second-order valence-corrected chi connectivity index (χ2v) is 3.48. The maximum absolute atomic E-state index is 5.74. The van der Waals surface area contributed by atoms with Crippen LogP contribution in [0.5, 0.6) is 0 Å². The summed E-state index contributed by atoms with van der Waals surface area (Å²) in [5, 5.41) is 0.733. The number of benzene rings is 1. The minimum absolute atomic E-state index is 0.0951. The fourth-order valence-corrected chi connectivity index (χ4v) is 1.09.